The van der Waals surface area contributed by atoms with E-state index in [1.807, 2.05) is 19.1 Å². The standard InChI is InChI=1S/C6H13N3S/c1-6(2)7-9(4)5(10)8(6)3/h7H,1-4H3/p+1. The van der Waals surface area contributed by atoms with Gasteiger partial charge in [0.05, 0.1) is 7.05 Å². The minimum Gasteiger partial charge on any atom is -0.295 e. The Balaban J connectivity index is 2.81. The monoisotopic (exact) mass is 160 g/mol. The second-order valence-electron chi connectivity index (χ2n) is 3.24. The van der Waals surface area contributed by atoms with Crippen molar-refractivity contribution in [3.8, 4) is 0 Å². The number of quaternary nitrogens is 1. The van der Waals surface area contributed by atoms with Gasteiger partial charge in [-0.15, -0.1) is 0 Å². The lowest BCUT2D eigenvalue weighted by atomic mass is 10.2. The van der Waals surface area contributed by atoms with Crippen LogP contribution in [0.3, 0.4) is 0 Å². The van der Waals surface area contributed by atoms with Crippen LogP contribution in [0.2, 0.25) is 0 Å². The number of thiocarbonyl (C=S) groups is 1. The van der Waals surface area contributed by atoms with Gasteiger partial charge in [0.1, 0.15) is 0 Å². The Morgan fingerprint density at radius 2 is 1.90 bits per heavy atom. The maximum Gasteiger partial charge on any atom is 0.223 e. The van der Waals surface area contributed by atoms with E-state index in [4.69, 9.17) is 12.2 Å². The van der Waals surface area contributed by atoms with E-state index < -0.39 is 0 Å². The number of hydrogen-bond donors (Lipinski definition) is 1. The molecule has 1 fully saturated rings. The van der Waals surface area contributed by atoms with E-state index in [9.17, 15) is 0 Å². The van der Waals surface area contributed by atoms with Gasteiger partial charge < -0.3 is 0 Å². The first-order valence-electron chi connectivity index (χ1n) is 3.32. The van der Waals surface area contributed by atoms with Gasteiger partial charge in [0.2, 0.25) is 5.11 Å². The molecule has 0 spiro atoms. The van der Waals surface area contributed by atoms with Crippen LogP contribution < -0.4 is 5.43 Å². The summed E-state index contributed by atoms with van der Waals surface area (Å²) in [5.74, 6) is 0. The Bertz CT molecular complexity index is 166. The molecule has 0 unspecified atom stereocenters. The Hall–Kier alpha value is -0.350. The first kappa shape index (κ1) is 7.75. The summed E-state index contributed by atoms with van der Waals surface area (Å²) < 4.78 is 0. The summed E-state index contributed by atoms with van der Waals surface area (Å²) in [6.07, 6.45) is 0. The van der Waals surface area contributed by atoms with E-state index in [-0.39, 0.29) is 5.66 Å². The molecule has 1 aliphatic rings. The summed E-state index contributed by atoms with van der Waals surface area (Å²) in [7, 11) is 4.00. The molecule has 10 heavy (non-hydrogen) atoms. The van der Waals surface area contributed by atoms with Crippen molar-refractivity contribution in [3.05, 3.63) is 0 Å². The summed E-state index contributed by atoms with van der Waals surface area (Å²) in [5.41, 5.74) is 2.21. The Morgan fingerprint density at radius 1 is 1.40 bits per heavy atom. The Morgan fingerprint density at radius 3 is 2.00 bits per heavy atom. The molecule has 58 valence electrons. The van der Waals surface area contributed by atoms with Gasteiger partial charge in [0.15, 0.2) is 5.66 Å². The summed E-state index contributed by atoms with van der Waals surface area (Å²) >= 11 is 5.13. The predicted octanol–water partition coefficient (Wildman–Crippen LogP) is -0.637. The van der Waals surface area contributed by atoms with Crippen LogP contribution >= 0.6 is 12.2 Å². The molecule has 0 aliphatic carbocycles. The molecule has 0 bridgehead atoms. The van der Waals surface area contributed by atoms with Crippen LogP contribution in [-0.4, -0.2) is 34.8 Å². The van der Waals surface area contributed by atoms with Crippen molar-refractivity contribution >= 4 is 17.3 Å². The minimum atomic E-state index is 0.0891. The molecule has 3 nitrogen and oxygen atoms in total. The lowest BCUT2D eigenvalue weighted by Crippen LogP contribution is -2.99. The molecule has 0 saturated carbocycles. The molecule has 0 aromatic carbocycles. The molecular weight excluding hydrogens is 146 g/mol. The van der Waals surface area contributed by atoms with Crippen LogP contribution in [0.25, 0.3) is 0 Å². The van der Waals surface area contributed by atoms with Crippen LogP contribution in [0.4, 0.5) is 0 Å². The minimum absolute atomic E-state index is 0.0891. The quantitative estimate of drug-likeness (QED) is 0.377. The van der Waals surface area contributed by atoms with Crippen LogP contribution in [0.1, 0.15) is 13.8 Å². The number of rotatable bonds is 0. The second kappa shape index (κ2) is 2.07. The summed E-state index contributed by atoms with van der Waals surface area (Å²) in [6, 6.07) is 0. The highest BCUT2D eigenvalue weighted by Crippen LogP contribution is 2.09. The molecule has 1 rings (SSSR count). The molecule has 1 aliphatic heterocycles. The fourth-order valence-electron chi connectivity index (χ4n) is 1.10. The molecule has 0 radical (unpaired) electrons. The average Bonchev–Trinajstić information content (AvgIpc) is 1.95. The second-order valence-corrected chi connectivity index (χ2v) is 3.60. The first-order chi connectivity index (χ1) is 4.45. The summed E-state index contributed by atoms with van der Waals surface area (Å²) in [4.78, 5) is 2.09. The first-order valence-corrected chi connectivity index (χ1v) is 3.72. The van der Waals surface area contributed by atoms with Crippen LogP contribution in [0.15, 0.2) is 0 Å². The van der Waals surface area contributed by atoms with Crippen LogP contribution in [-0.2, 0) is 0 Å². The van der Waals surface area contributed by atoms with Crippen molar-refractivity contribution in [1.82, 2.24) is 9.91 Å². The van der Waals surface area contributed by atoms with E-state index in [0.717, 1.165) is 5.11 Å². The van der Waals surface area contributed by atoms with Gasteiger partial charge in [0, 0.05) is 20.9 Å². The highest BCUT2D eigenvalue weighted by molar-refractivity contribution is 7.80. The van der Waals surface area contributed by atoms with E-state index in [0.29, 0.717) is 0 Å². The van der Waals surface area contributed by atoms with Gasteiger partial charge in [-0.25, -0.2) is 10.4 Å². The van der Waals surface area contributed by atoms with Crippen molar-refractivity contribution < 1.29 is 5.43 Å². The topological polar surface area (TPSA) is 23.1 Å². The molecular formula is C6H14N3S+. The molecule has 2 N–H and O–H groups in total. The maximum atomic E-state index is 5.13. The van der Waals surface area contributed by atoms with Gasteiger partial charge in [-0.3, -0.25) is 4.90 Å². The lowest BCUT2D eigenvalue weighted by Gasteiger charge is -2.21. The number of nitrogens with two attached hydrogens (primary N) is 1. The van der Waals surface area contributed by atoms with Gasteiger partial charge in [-0.05, 0) is 12.2 Å². The summed E-state index contributed by atoms with van der Waals surface area (Å²) in [6.45, 7) is 4.28. The molecule has 0 amide bonds. The van der Waals surface area contributed by atoms with Crippen molar-refractivity contribution in [2.45, 2.75) is 19.5 Å². The zero-order chi connectivity index (χ0) is 7.94. The van der Waals surface area contributed by atoms with Crippen molar-refractivity contribution in [2.24, 2.45) is 0 Å². The zero-order valence-corrected chi connectivity index (χ0v) is 7.70. The van der Waals surface area contributed by atoms with E-state index in [1.54, 1.807) is 0 Å². The smallest absolute Gasteiger partial charge is 0.223 e. The van der Waals surface area contributed by atoms with Crippen molar-refractivity contribution in [2.75, 3.05) is 14.1 Å². The third-order valence-corrected chi connectivity index (χ3v) is 2.52. The zero-order valence-electron chi connectivity index (χ0n) is 6.88. The van der Waals surface area contributed by atoms with Crippen molar-refractivity contribution in [3.63, 3.8) is 0 Å². The van der Waals surface area contributed by atoms with Crippen molar-refractivity contribution in [1.29, 1.82) is 0 Å². The number of hydrogen-bond acceptors (Lipinski definition) is 1. The SMILES string of the molecule is CN1[NH2+]C(C)(C)N(C)C1=S. The molecule has 0 aromatic heterocycles. The fraction of sp³-hybridized carbons (Fsp3) is 0.833. The highest BCUT2D eigenvalue weighted by atomic mass is 32.1. The van der Waals surface area contributed by atoms with Gasteiger partial charge in [0.25, 0.3) is 0 Å². The summed E-state index contributed by atoms with van der Waals surface area (Å²) in [5, 5.41) is 2.88. The Kier molecular flexibility index (Phi) is 1.60. The van der Waals surface area contributed by atoms with E-state index in [1.165, 1.54) is 0 Å². The van der Waals surface area contributed by atoms with E-state index >= 15 is 0 Å². The molecule has 4 heteroatoms. The Labute approximate surface area is 67.0 Å². The molecule has 0 aromatic rings. The van der Waals surface area contributed by atoms with Gasteiger partial charge in [-0.1, -0.05) is 0 Å². The average molecular weight is 160 g/mol. The third-order valence-electron chi connectivity index (χ3n) is 1.96. The molecule has 0 atom stereocenters. The molecule has 1 heterocycles. The predicted molar refractivity (Wildman–Crippen MR) is 44.1 cm³/mol. The highest BCUT2D eigenvalue weighted by Gasteiger charge is 2.39. The molecule has 1 saturated heterocycles. The fourth-order valence-corrected chi connectivity index (χ4v) is 1.39. The normalized spacial score (nSPS) is 24.2. The lowest BCUT2D eigenvalue weighted by molar-refractivity contribution is -0.826. The number of nitrogens with zero attached hydrogens (tertiary/aromatic N) is 2. The third kappa shape index (κ3) is 0.973. The largest absolute Gasteiger partial charge is 0.295 e. The van der Waals surface area contributed by atoms with E-state index in [2.05, 4.69) is 24.2 Å². The van der Waals surface area contributed by atoms with Crippen LogP contribution in [0, 0.1) is 0 Å². The maximum absolute atomic E-state index is 5.13. The van der Waals surface area contributed by atoms with Crippen LogP contribution in [0.5, 0.6) is 0 Å². The van der Waals surface area contributed by atoms with Gasteiger partial charge >= 0.3 is 0 Å². The van der Waals surface area contributed by atoms with Gasteiger partial charge in [-0.2, -0.15) is 0 Å².